The monoisotopic (exact) mass is 242 g/mol. The lowest BCUT2D eigenvalue weighted by Gasteiger charge is -1.97. The summed E-state index contributed by atoms with van der Waals surface area (Å²) >= 11 is 0. The van der Waals surface area contributed by atoms with E-state index < -0.39 is 0 Å². The smallest absolute Gasteiger partial charge is 0.150 e. The quantitative estimate of drug-likeness (QED) is 0.766. The summed E-state index contributed by atoms with van der Waals surface area (Å²) in [5.41, 5.74) is 2.05. The van der Waals surface area contributed by atoms with Crippen LogP contribution >= 0.6 is 0 Å². The summed E-state index contributed by atoms with van der Waals surface area (Å²) in [6, 6.07) is 17.5. The molecule has 94 valence electrons. The molecule has 0 saturated carbocycles. The van der Waals surface area contributed by atoms with Crippen molar-refractivity contribution in [3.8, 4) is 5.75 Å². The highest BCUT2D eigenvalue weighted by molar-refractivity contribution is 5.75. The molecule has 0 amide bonds. The number of aldehydes is 1. The molecule has 0 atom stereocenters. The third-order valence-corrected chi connectivity index (χ3v) is 2.48. The molecule has 0 bridgehead atoms. The molecule has 0 heterocycles. The Morgan fingerprint density at radius 1 is 1.06 bits per heavy atom. The second kappa shape index (κ2) is 8.07. The number of hydrogen-bond donors (Lipinski definition) is 0. The first-order valence-corrected chi connectivity index (χ1v) is 5.93. The number of ether oxygens (including phenoxy) is 1. The van der Waals surface area contributed by atoms with Crippen molar-refractivity contribution in [1.29, 1.82) is 0 Å². The highest BCUT2D eigenvalue weighted by Gasteiger charge is 1.90. The van der Waals surface area contributed by atoms with Crippen molar-refractivity contribution in [3.05, 3.63) is 65.7 Å². The fourth-order valence-electron chi connectivity index (χ4n) is 1.43. The first-order valence-electron chi connectivity index (χ1n) is 5.93. The van der Waals surface area contributed by atoms with Gasteiger partial charge in [0.15, 0.2) is 0 Å². The first-order chi connectivity index (χ1) is 8.80. The summed E-state index contributed by atoms with van der Waals surface area (Å²) in [7, 11) is 1.57. The summed E-state index contributed by atoms with van der Waals surface area (Å²) in [5.74, 6) is 0.713. The molecule has 2 aromatic carbocycles. The van der Waals surface area contributed by atoms with Gasteiger partial charge in [0, 0.05) is 5.56 Å². The Bertz CT molecular complexity index is 464. The van der Waals surface area contributed by atoms with Gasteiger partial charge in [-0.25, -0.2) is 0 Å². The van der Waals surface area contributed by atoms with Crippen molar-refractivity contribution < 1.29 is 9.53 Å². The van der Waals surface area contributed by atoms with Crippen molar-refractivity contribution in [2.75, 3.05) is 7.11 Å². The second-order valence-corrected chi connectivity index (χ2v) is 3.73. The normalized spacial score (nSPS) is 9.00. The number of methoxy groups -OCH3 is 1. The van der Waals surface area contributed by atoms with E-state index in [0.29, 0.717) is 11.3 Å². The Morgan fingerprint density at radius 3 is 2.28 bits per heavy atom. The van der Waals surface area contributed by atoms with Crippen LogP contribution in [-0.2, 0) is 6.42 Å². The molecule has 0 saturated heterocycles. The molecular weight excluding hydrogens is 224 g/mol. The molecule has 0 radical (unpaired) electrons. The Labute approximate surface area is 108 Å². The molecule has 2 nitrogen and oxygen atoms in total. The highest BCUT2D eigenvalue weighted by atomic mass is 16.5. The van der Waals surface area contributed by atoms with Crippen molar-refractivity contribution in [1.82, 2.24) is 0 Å². The molecule has 0 aliphatic heterocycles. The van der Waals surface area contributed by atoms with Crippen LogP contribution in [0.3, 0.4) is 0 Å². The summed E-state index contributed by atoms with van der Waals surface area (Å²) in [5, 5.41) is 0. The average molecular weight is 242 g/mol. The number of rotatable bonds is 3. The van der Waals surface area contributed by atoms with Crippen LogP contribution in [0, 0.1) is 0 Å². The van der Waals surface area contributed by atoms with Crippen LogP contribution in [0.5, 0.6) is 5.75 Å². The van der Waals surface area contributed by atoms with Crippen LogP contribution in [-0.4, -0.2) is 13.4 Å². The molecule has 2 aromatic rings. The minimum Gasteiger partial charge on any atom is -0.497 e. The predicted molar refractivity (Wildman–Crippen MR) is 74.2 cm³/mol. The molecule has 18 heavy (non-hydrogen) atoms. The van der Waals surface area contributed by atoms with Crippen molar-refractivity contribution in [2.45, 2.75) is 13.3 Å². The molecule has 2 heteroatoms. The molecule has 0 unspecified atom stereocenters. The van der Waals surface area contributed by atoms with Gasteiger partial charge in [-0.3, -0.25) is 4.79 Å². The van der Waals surface area contributed by atoms with Crippen LogP contribution in [0.1, 0.15) is 22.8 Å². The maximum absolute atomic E-state index is 10.2. The third-order valence-electron chi connectivity index (χ3n) is 2.48. The molecule has 0 N–H and O–H groups in total. The SMILES string of the molecule is CCc1ccccc1.COc1cccc(C=O)c1. The number of aryl methyl sites for hydroxylation is 1. The van der Waals surface area contributed by atoms with Gasteiger partial charge in [-0.15, -0.1) is 0 Å². The number of hydrogen-bond acceptors (Lipinski definition) is 2. The van der Waals surface area contributed by atoms with Gasteiger partial charge in [0.1, 0.15) is 12.0 Å². The van der Waals surface area contributed by atoms with Gasteiger partial charge < -0.3 is 4.74 Å². The van der Waals surface area contributed by atoms with Gasteiger partial charge >= 0.3 is 0 Å². The average Bonchev–Trinajstić information content (AvgIpc) is 2.48. The largest absolute Gasteiger partial charge is 0.497 e. The Kier molecular flexibility index (Phi) is 6.26. The van der Waals surface area contributed by atoms with Crippen molar-refractivity contribution in [3.63, 3.8) is 0 Å². The molecule has 2 rings (SSSR count). The minimum absolute atomic E-state index is 0.638. The van der Waals surface area contributed by atoms with E-state index in [4.69, 9.17) is 4.74 Å². The fourth-order valence-corrected chi connectivity index (χ4v) is 1.43. The summed E-state index contributed by atoms with van der Waals surface area (Å²) in [6.45, 7) is 2.16. The van der Waals surface area contributed by atoms with Crippen molar-refractivity contribution in [2.24, 2.45) is 0 Å². The van der Waals surface area contributed by atoms with E-state index >= 15 is 0 Å². The maximum atomic E-state index is 10.2. The van der Waals surface area contributed by atoms with E-state index in [1.54, 1.807) is 31.4 Å². The second-order valence-electron chi connectivity index (χ2n) is 3.73. The lowest BCUT2D eigenvalue weighted by molar-refractivity contribution is 0.112. The number of benzene rings is 2. The zero-order chi connectivity index (χ0) is 13.2. The van der Waals surface area contributed by atoms with Gasteiger partial charge in [0.2, 0.25) is 0 Å². The van der Waals surface area contributed by atoms with Crippen LogP contribution in [0.25, 0.3) is 0 Å². The molecule has 0 aliphatic carbocycles. The lowest BCUT2D eigenvalue weighted by Crippen LogP contribution is -1.84. The van der Waals surface area contributed by atoms with Gasteiger partial charge in [0.05, 0.1) is 7.11 Å². The molecule has 0 aliphatic rings. The predicted octanol–water partition coefficient (Wildman–Crippen LogP) is 3.76. The van der Waals surface area contributed by atoms with E-state index in [1.165, 1.54) is 5.56 Å². The maximum Gasteiger partial charge on any atom is 0.150 e. The topological polar surface area (TPSA) is 26.3 Å². The highest BCUT2D eigenvalue weighted by Crippen LogP contribution is 2.10. The zero-order valence-electron chi connectivity index (χ0n) is 10.8. The van der Waals surface area contributed by atoms with Crippen molar-refractivity contribution >= 4 is 6.29 Å². The van der Waals surface area contributed by atoms with Gasteiger partial charge in [-0.1, -0.05) is 49.4 Å². The Balaban J connectivity index is 0.000000184. The first kappa shape index (κ1) is 14.0. The number of carbonyl (C=O) groups excluding carboxylic acids is 1. The van der Waals surface area contributed by atoms with Crippen LogP contribution < -0.4 is 4.74 Å². The van der Waals surface area contributed by atoms with Gasteiger partial charge in [-0.2, -0.15) is 0 Å². The summed E-state index contributed by atoms with van der Waals surface area (Å²) in [6.07, 6.45) is 1.93. The summed E-state index contributed by atoms with van der Waals surface area (Å²) < 4.78 is 4.90. The van der Waals surface area contributed by atoms with Crippen LogP contribution in [0.4, 0.5) is 0 Å². The lowest BCUT2D eigenvalue weighted by atomic mass is 10.2. The van der Waals surface area contributed by atoms with E-state index in [1.807, 2.05) is 6.07 Å². The van der Waals surface area contributed by atoms with Crippen LogP contribution in [0.2, 0.25) is 0 Å². The van der Waals surface area contributed by atoms with E-state index in [-0.39, 0.29) is 0 Å². The summed E-state index contributed by atoms with van der Waals surface area (Å²) in [4.78, 5) is 10.2. The molecule has 0 fully saturated rings. The zero-order valence-corrected chi connectivity index (χ0v) is 10.8. The molecule has 0 aromatic heterocycles. The van der Waals surface area contributed by atoms with E-state index in [0.717, 1.165) is 12.7 Å². The fraction of sp³-hybridized carbons (Fsp3) is 0.188. The van der Waals surface area contributed by atoms with Gasteiger partial charge in [-0.05, 0) is 24.1 Å². The standard InChI is InChI=1S/C8H8O2.C8H10/c1-10-8-4-2-3-7(5-8)6-9;1-2-8-6-4-3-5-7-8/h2-6H,1H3;3-7H,2H2,1H3. The van der Waals surface area contributed by atoms with E-state index in [9.17, 15) is 4.79 Å². The molecular formula is C16H18O2. The van der Waals surface area contributed by atoms with Gasteiger partial charge in [0.25, 0.3) is 0 Å². The molecule has 0 spiro atoms. The number of carbonyl (C=O) groups is 1. The van der Waals surface area contributed by atoms with E-state index in [2.05, 4.69) is 31.2 Å². The Hall–Kier alpha value is -2.09. The third kappa shape index (κ3) is 4.83. The van der Waals surface area contributed by atoms with Crippen LogP contribution in [0.15, 0.2) is 54.6 Å². The minimum atomic E-state index is 0.638. The Morgan fingerprint density at radius 2 is 1.78 bits per heavy atom.